The normalized spacial score (nSPS) is 10.6. The molecule has 0 aliphatic carbocycles. The van der Waals surface area contributed by atoms with E-state index in [1.165, 1.54) is 12.3 Å². The SMILES string of the molecule is CCOc1cc(C=NNC(=O)CCC(=O)Nc2ccccc2Cl)ccc1O. The summed E-state index contributed by atoms with van der Waals surface area (Å²) in [6, 6.07) is 11.6. The smallest absolute Gasteiger partial charge is 0.240 e. The number of phenolic OH excluding ortho intramolecular Hbond substituents is 1. The number of amides is 2. The third kappa shape index (κ3) is 6.63. The monoisotopic (exact) mass is 389 g/mol. The van der Waals surface area contributed by atoms with Gasteiger partial charge < -0.3 is 15.2 Å². The molecule has 27 heavy (non-hydrogen) atoms. The summed E-state index contributed by atoms with van der Waals surface area (Å²) in [5.41, 5.74) is 3.50. The van der Waals surface area contributed by atoms with Gasteiger partial charge >= 0.3 is 0 Å². The van der Waals surface area contributed by atoms with Crippen LogP contribution < -0.4 is 15.5 Å². The number of nitrogens with one attached hydrogen (secondary N) is 2. The van der Waals surface area contributed by atoms with Crippen LogP contribution in [0.15, 0.2) is 47.6 Å². The molecule has 0 saturated carbocycles. The first-order valence-corrected chi connectivity index (χ1v) is 8.69. The minimum atomic E-state index is -0.399. The van der Waals surface area contributed by atoms with Crippen molar-refractivity contribution in [1.29, 1.82) is 0 Å². The number of hydrazone groups is 1. The van der Waals surface area contributed by atoms with Gasteiger partial charge in [0.25, 0.3) is 0 Å². The minimum Gasteiger partial charge on any atom is -0.504 e. The summed E-state index contributed by atoms with van der Waals surface area (Å²) < 4.78 is 5.27. The number of hydrogen-bond donors (Lipinski definition) is 3. The summed E-state index contributed by atoms with van der Waals surface area (Å²) in [5.74, 6) is -0.349. The van der Waals surface area contributed by atoms with Crippen LogP contribution in [0.4, 0.5) is 5.69 Å². The molecule has 8 heteroatoms. The summed E-state index contributed by atoms with van der Waals surface area (Å²) in [4.78, 5) is 23.7. The van der Waals surface area contributed by atoms with Crippen molar-refractivity contribution in [2.45, 2.75) is 19.8 Å². The number of carbonyl (C=O) groups excluding carboxylic acids is 2. The Morgan fingerprint density at radius 1 is 1.19 bits per heavy atom. The topological polar surface area (TPSA) is 100 Å². The zero-order valence-corrected chi connectivity index (χ0v) is 15.5. The Hall–Kier alpha value is -3.06. The van der Waals surface area contributed by atoms with Gasteiger partial charge in [0.05, 0.1) is 23.5 Å². The lowest BCUT2D eigenvalue weighted by Gasteiger charge is -2.06. The lowest BCUT2D eigenvalue weighted by atomic mass is 10.2. The van der Waals surface area contributed by atoms with Gasteiger partial charge in [-0.05, 0) is 42.8 Å². The highest BCUT2D eigenvalue weighted by molar-refractivity contribution is 6.33. The average Bonchev–Trinajstić information content (AvgIpc) is 2.65. The number of para-hydroxylation sites is 1. The van der Waals surface area contributed by atoms with Gasteiger partial charge in [-0.2, -0.15) is 5.10 Å². The first-order chi connectivity index (χ1) is 13.0. The molecule has 0 fully saturated rings. The Labute approximate surface area is 162 Å². The maximum atomic E-state index is 11.9. The lowest BCUT2D eigenvalue weighted by molar-refractivity contribution is -0.124. The van der Waals surface area contributed by atoms with Crippen molar-refractivity contribution >= 4 is 35.3 Å². The Balaban J connectivity index is 1.79. The van der Waals surface area contributed by atoms with Gasteiger partial charge in [-0.25, -0.2) is 5.43 Å². The maximum absolute atomic E-state index is 11.9. The van der Waals surface area contributed by atoms with Gasteiger partial charge in [-0.3, -0.25) is 9.59 Å². The van der Waals surface area contributed by atoms with Crippen LogP contribution in [0.2, 0.25) is 5.02 Å². The van der Waals surface area contributed by atoms with Gasteiger partial charge in [0.15, 0.2) is 11.5 Å². The van der Waals surface area contributed by atoms with Crippen molar-refractivity contribution < 1.29 is 19.4 Å². The summed E-state index contributed by atoms with van der Waals surface area (Å²) >= 11 is 5.96. The molecule has 0 aliphatic heterocycles. The second-order valence-electron chi connectivity index (χ2n) is 5.48. The number of rotatable bonds is 8. The number of carbonyl (C=O) groups is 2. The standard InChI is InChI=1S/C19H20ClN3O4/c1-2-27-17-11-13(7-8-16(17)24)12-21-23-19(26)10-9-18(25)22-15-6-4-3-5-14(15)20/h3-8,11-12,24H,2,9-10H2,1H3,(H,22,25)(H,23,26). The highest BCUT2D eigenvalue weighted by atomic mass is 35.5. The van der Waals surface area contributed by atoms with Crippen molar-refractivity contribution in [2.75, 3.05) is 11.9 Å². The van der Waals surface area contributed by atoms with Crippen molar-refractivity contribution in [1.82, 2.24) is 5.43 Å². The molecule has 0 saturated heterocycles. The summed E-state index contributed by atoms with van der Waals surface area (Å²) in [5, 5.41) is 16.5. The van der Waals surface area contributed by atoms with Crippen LogP contribution in [0, 0.1) is 0 Å². The molecule has 2 rings (SSSR count). The van der Waals surface area contributed by atoms with Gasteiger partial charge in [0, 0.05) is 12.8 Å². The van der Waals surface area contributed by atoms with Crippen LogP contribution in [0.25, 0.3) is 0 Å². The molecule has 0 aliphatic rings. The highest BCUT2D eigenvalue weighted by Crippen LogP contribution is 2.26. The molecule has 2 aromatic rings. The van der Waals surface area contributed by atoms with E-state index in [1.807, 2.05) is 6.92 Å². The number of ether oxygens (including phenoxy) is 1. The van der Waals surface area contributed by atoms with E-state index in [1.54, 1.807) is 36.4 Å². The van der Waals surface area contributed by atoms with Crippen LogP contribution in [-0.4, -0.2) is 29.7 Å². The molecule has 0 radical (unpaired) electrons. The fourth-order valence-corrected chi connectivity index (χ4v) is 2.30. The van der Waals surface area contributed by atoms with E-state index >= 15 is 0 Å². The minimum absolute atomic E-state index is 0.000272. The van der Waals surface area contributed by atoms with Gasteiger partial charge in [-0.1, -0.05) is 23.7 Å². The summed E-state index contributed by atoms with van der Waals surface area (Å²) in [6.07, 6.45) is 1.40. The van der Waals surface area contributed by atoms with E-state index in [4.69, 9.17) is 16.3 Å². The first kappa shape index (κ1) is 20.3. The predicted octanol–water partition coefficient (Wildman–Crippen LogP) is 3.31. The molecule has 0 spiro atoms. The second-order valence-corrected chi connectivity index (χ2v) is 5.89. The fourth-order valence-electron chi connectivity index (χ4n) is 2.12. The molecule has 0 heterocycles. The van der Waals surface area contributed by atoms with Crippen molar-refractivity contribution in [2.24, 2.45) is 5.10 Å². The zero-order valence-electron chi connectivity index (χ0n) is 14.7. The van der Waals surface area contributed by atoms with Crippen molar-refractivity contribution in [3.63, 3.8) is 0 Å². The fraction of sp³-hybridized carbons (Fsp3) is 0.211. The Morgan fingerprint density at radius 2 is 1.93 bits per heavy atom. The molecule has 142 valence electrons. The molecule has 3 N–H and O–H groups in total. The highest BCUT2D eigenvalue weighted by Gasteiger charge is 2.08. The van der Waals surface area contributed by atoms with Gasteiger partial charge in [0.2, 0.25) is 11.8 Å². The number of halogens is 1. The molecule has 7 nitrogen and oxygen atoms in total. The van der Waals surface area contributed by atoms with Crippen molar-refractivity contribution in [3.05, 3.63) is 53.1 Å². The molecule has 2 amide bonds. The van der Waals surface area contributed by atoms with E-state index < -0.39 is 5.91 Å². The molecule has 0 unspecified atom stereocenters. The molecule has 0 atom stereocenters. The summed E-state index contributed by atoms with van der Waals surface area (Å²) in [7, 11) is 0. The van der Waals surface area contributed by atoms with Crippen LogP contribution in [-0.2, 0) is 9.59 Å². The van der Waals surface area contributed by atoms with E-state index in [2.05, 4.69) is 15.8 Å². The number of hydrogen-bond acceptors (Lipinski definition) is 5. The Morgan fingerprint density at radius 3 is 2.67 bits per heavy atom. The lowest BCUT2D eigenvalue weighted by Crippen LogP contribution is -2.20. The number of aromatic hydroxyl groups is 1. The third-order valence-corrected chi connectivity index (χ3v) is 3.74. The van der Waals surface area contributed by atoms with Crippen LogP contribution in [0.5, 0.6) is 11.5 Å². The second kappa shape index (κ2) is 10.2. The van der Waals surface area contributed by atoms with Gasteiger partial charge in [-0.15, -0.1) is 0 Å². The maximum Gasteiger partial charge on any atom is 0.240 e. The predicted molar refractivity (Wildman–Crippen MR) is 104 cm³/mol. The third-order valence-electron chi connectivity index (χ3n) is 3.41. The van der Waals surface area contributed by atoms with Crippen molar-refractivity contribution in [3.8, 4) is 11.5 Å². The van der Waals surface area contributed by atoms with Gasteiger partial charge in [0.1, 0.15) is 0 Å². The molecule has 0 bridgehead atoms. The van der Waals surface area contributed by atoms with Crippen LogP contribution >= 0.6 is 11.6 Å². The van der Waals surface area contributed by atoms with E-state index in [0.717, 1.165) is 0 Å². The van der Waals surface area contributed by atoms with E-state index in [0.29, 0.717) is 28.6 Å². The molecular formula is C19H20ClN3O4. The molecule has 2 aromatic carbocycles. The molecule has 0 aromatic heterocycles. The van der Waals surface area contributed by atoms with E-state index in [9.17, 15) is 14.7 Å². The largest absolute Gasteiger partial charge is 0.504 e. The first-order valence-electron chi connectivity index (χ1n) is 8.31. The Kier molecular flexibility index (Phi) is 7.63. The number of anilines is 1. The number of nitrogens with zero attached hydrogens (tertiary/aromatic N) is 1. The molecular weight excluding hydrogens is 370 g/mol. The zero-order chi connectivity index (χ0) is 19.6. The van der Waals surface area contributed by atoms with E-state index in [-0.39, 0.29) is 24.5 Å². The van der Waals surface area contributed by atoms with Crippen LogP contribution in [0.1, 0.15) is 25.3 Å². The number of phenols is 1. The average molecular weight is 390 g/mol. The number of benzene rings is 2. The Bertz CT molecular complexity index is 839. The quantitative estimate of drug-likeness (QED) is 0.476. The summed E-state index contributed by atoms with van der Waals surface area (Å²) in [6.45, 7) is 2.23. The van der Waals surface area contributed by atoms with Crippen LogP contribution in [0.3, 0.4) is 0 Å².